The summed E-state index contributed by atoms with van der Waals surface area (Å²) in [5.41, 5.74) is 5.17. The van der Waals surface area contributed by atoms with E-state index in [1.165, 1.54) is 22.3 Å². The molecule has 3 nitrogen and oxygen atoms in total. The van der Waals surface area contributed by atoms with Crippen LogP contribution >= 0.6 is 0 Å². The molecule has 1 aromatic heterocycles. The third-order valence-electron chi connectivity index (χ3n) is 2.89. The van der Waals surface area contributed by atoms with Gasteiger partial charge >= 0.3 is 0 Å². The topological polar surface area (TPSA) is 29.9 Å². The van der Waals surface area contributed by atoms with E-state index in [2.05, 4.69) is 55.6 Å². The zero-order chi connectivity index (χ0) is 13.0. The van der Waals surface area contributed by atoms with E-state index in [0.717, 1.165) is 19.6 Å². The lowest BCUT2D eigenvalue weighted by Crippen LogP contribution is -2.11. The zero-order valence-electron chi connectivity index (χ0n) is 11.4. The van der Waals surface area contributed by atoms with Gasteiger partial charge in [0.2, 0.25) is 0 Å². The van der Waals surface area contributed by atoms with Crippen LogP contribution in [0.5, 0.6) is 0 Å². The Bertz CT molecular complexity index is 494. The molecule has 0 atom stereocenters. The number of benzene rings is 1. The van der Waals surface area contributed by atoms with Gasteiger partial charge < -0.3 is 5.32 Å². The van der Waals surface area contributed by atoms with Crippen LogP contribution in [-0.2, 0) is 13.1 Å². The van der Waals surface area contributed by atoms with E-state index < -0.39 is 0 Å². The highest BCUT2D eigenvalue weighted by molar-refractivity contribution is 5.28. The highest BCUT2D eigenvalue weighted by Crippen LogP contribution is 2.10. The number of rotatable bonds is 5. The fourth-order valence-electron chi connectivity index (χ4n) is 2.20. The highest BCUT2D eigenvalue weighted by atomic mass is 15.3. The van der Waals surface area contributed by atoms with Gasteiger partial charge in [0.15, 0.2) is 0 Å². The third-order valence-corrected chi connectivity index (χ3v) is 2.89. The minimum atomic E-state index is 0.842. The van der Waals surface area contributed by atoms with Gasteiger partial charge in [0.25, 0.3) is 0 Å². The third kappa shape index (κ3) is 3.44. The summed E-state index contributed by atoms with van der Waals surface area (Å²) in [5, 5.41) is 7.71. The zero-order valence-corrected chi connectivity index (χ0v) is 11.4. The first-order chi connectivity index (χ1) is 8.67. The molecular formula is C15H21N3. The standard InChI is InChI=1S/C15H21N3/c1-4-16-8-15-9-17-18(11-15)10-14-6-12(2)5-13(3)7-14/h5-7,9,11,16H,4,8,10H2,1-3H3. The molecule has 96 valence electrons. The molecule has 18 heavy (non-hydrogen) atoms. The molecule has 1 aromatic carbocycles. The molecule has 2 rings (SSSR count). The Morgan fingerprint density at radius 1 is 1.11 bits per heavy atom. The van der Waals surface area contributed by atoms with Crippen LogP contribution in [0.25, 0.3) is 0 Å². The quantitative estimate of drug-likeness (QED) is 0.875. The Morgan fingerprint density at radius 2 is 1.83 bits per heavy atom. The lowest BCUT2D eigenvalue weighted by Gasteiger charge is -2.05. The molecule has 0 spiro atoms. The van der Waals surface area contributed by atoms with Crippen molar-refractivity contribution >= 4 is 0 Å². The van der Waals surface area contributed by atoms with Crippen LogP contribution in [0.1, 0.15) is 29.2 Å². The molecule has 0 aliphatic heterocycles. The minimum absolute atomic E-state index is 0.842. The van der Waals surface area contributed by atoms with E-state index in [-0.39, 0.29) is 0 Å². The monoisotopic (exact) mass is 243 g/mol. The molecule has 0 radical (unpaired) electrons. The van der Waals surface area contributed by atoms with Crippen LogP contribution in [0.2, 0.25) is 0 Å². The molecule has 1 N–H and O–H groups in total. The predicted molar refractivity (Wildman–Crippen MR) is 74.6 cm³/mol. The lowest BCUT2D eigenvalue weighted by atomic mass is 10.1. The normalized spacial score (nSPS) is 10.8. The molecule has 0 saturated heterocycles. The van der Waals surface area contributed by atoms with Gasteiger partial charge in [-0.1, -0.05) is 36.2 Å². The van der Waals surface area contributed by atoms with E-state index in [1.54, 1.807) is 0 Å². The van der Waals surface area contributed by atoms with E-state index >= 15 is 0 Å². The molecule has 0 aliphatic rings. The largest absolute Gasteiger partial charge is 0.313 e. The van der Waals surface area contributed by atoms with Crippen molar-refractivity contribution in [2.45, 2.75) is 33.9 Å². The average molecular weight is 243 g/mol. The van der Waals surface area contributed by atoms with Crippen molar-refractivity contribution in [3.8, 4) is 0 Å². The first kappa shape index (κ1) is 12.8. The van der Waals surface area contributed by atoms with Crippen molar-refractivity contribution in [2.24, 2.45) is 0 Å². The van der Waals surface area contributed by atoms with Crippen LogP contribution in [0.4, 0.5) is 0 Å². The van der Waals surface area contributed by atoms with Gasteiger partial charge in [-0.3, -0.25) is 4.68 Å². The van der Waals surface area contributed by atoms with Crippen LogP contribution in [0.3, 0.4) is 0 Å². The van der Waals surface area contributed by atoms with Crippen LogP contribution in [-0.4, -0.2) is 16.3 Å². The Hall–Kier alpha value is -1.61. The van der Waals surface area contributed by atoms with Crippen molar-refractivity contribution in [1.82, 2.24) is 15.1 Å². The highest BCUT2D eigenvalue weighted by Gasteiger charge is 2.01. The molecule has 3 heteroatoms. The Labute approximate surface area is 109 Å². The van der Waals surface area contributed by atoms with Gasteiger partial charge in [-0.2, -0.15) is 5.10 Å². The number of aromatic nitrogens is 2. The maximum Gasteiger partial charge on any atom is 0.0659 e. The summed E-state index contributed by atoms with van der Waals surface area (Å²) in [6.07, 6.45) is 4.05. The van der Waals surface area contributed by atoms with E-state index in [9.17, 15) is 0 Å². The summed E-state index contributed by atoms with van der Waals surface area (Å²) in [4.78, 5) is 0. The number of hydrogen-bond acceptors (Lipinski definition) is 2. The van der Waals surface area contributed by atoms with Crippen molar-refractivity contribution in [3.63, 3.8) is 0 Å². The van der Waals surface area contributed by atoms with Crippen molar-refractivity contribution in [2.75, 3.05) is 6.54 Å². The summed E-state index contributed by atoms with van der Waals surface area (Å²) in [6.45, 7) is 9.10. The molecule has 0 unspecified atom stereocenters. The van der Waals surface area contributed by atoms with Crippen LogP contribution in [0, 0.1) is 13.8 Å². The molecule has 1 heterocycles. The first-order valence-electron chi connectivity index (χ1n) is 6.46. The van der Waals surface area contributed by atoms with Gasteiger partial charge in [-0.15, -0.1) is 0 Å². The number of nitrogens with one attached hydrogen (secondary N) is 1. The summed E-state index contributed by atoms with van der Waals surface area (Å²) in [7, 11) is 0. The SMILES string of the molecule is CCNCc1cnn(Cc2cc(C)cc(C)c2)c1. The summed E-state index contributed by atoms with van der Waals surface area (Å²) < 4.78 is 2.00. The van der Waals surface area contributed by atoms with Crippen molar-refractivity contribution in [3.05, 3.63) is 52.8 Å². The molecule has 0 amide bonds. The summed E-state index contributed by atoms with van der Waals surface area (Å²) in [6, 6.07) is 6.64. The van der Waals surface area contributed by atoms with E-state index in [4.69, 9.17) is 0 Å². The molecule has 0 saturated carbocycles. The first-order valence-corrected chi connectivity index (χ1v) is 6.46. The van der Waals surface area contributed by atoms with Gasteiger partial charge in [0.05, 0.1) is 12.7 Å². The number of nitrogens with zero attached hydrogens (tertiary/aromatic N) is 2. The fraction of sp³-hybridized carbons (Fsp3) is 0.400. The second-order valence-corrected chi connectivity index (χ2v) is 4.82. The maximum atomic E-state index is 4.40. The van der Waals surface area contributed by atoms with Crippen molar-refractivity contribution < 1.29 is 0 Å². The molecule has 2 aromatic rings. The van der Waals surface area contributed by atoms with E-state index in [0.29, 0.717) is 0 Å². The number of hydrogen-bond donors (Lipinski definition) is 1. The maximum absolute atomic E-state index is 4.40. The Balaban J connectivity index is 2.06. The Kier molecular flexibility index (Phi) is 4.15. The molecule has 0 aliphatic carbocycles. The average Bonchev–Trinajstić information content (AvgIpc) is 2.72. The van der Waals surface area contributed by atoms with E-state index in [1.807, 2.05) is 10.9 Å². The van der Waals surface area contributed by atoms with Gasteiger partial charge in [-0.25, -0.2) is 0 Å². The fourth-order valence-corrected chi connectivity index (χ4v) is 2.20. The Morgan fingerprint density at radius 3 is 2.50 bits per heavy atom. The summed E-state index contributed by atoms with van der Waals surface area (Å²) >= 11 is 0. The minimum Gasteiger partial charge on any atom is -0.313 e. The summed E-state index contributed by atoms with van der Waals surface area (Å²) in [5.74, 6) is 0. The number of aryl methyl sites for hydroxylation is 2. The van der Waals surface area contributed by atoms with Gasteiger partial charge in [0.1, 0.15) is 0 Å². The van der Waals surface area contributed by atoms with Crippen LogP contribution < -0.4 is 5.32 Å². The predicted octanol–water partition coefficient (Wildman–Crippen LogP) is 2.66. The molecule has 0 fully saturated rings. The second kappa shape index (κ2) is 5.83. The van der Waals surface area contributed by atoms with Gasteiger partial charge in [0, 0.05) is 18.3 Å². The molecular weight excluding hydrogens is 222 g/mol. The second-order valence-electron chi connectivity index (χ2n) is 4.82. The molecule has 0 bridgehead atoms. The van der Waals surface area contributed by atoms with Gasteiger partial charge in [-0.05, 0) is 26.0 Å². The lowest BCUT2D eigenvalue weighted by molar-refractivity contribution is 0.682. The smallest absolute Gasteiger partial charge is 0.0659 e. The van der Waals surface area contributed by atoms with Crippen molar-refractivity contribution in [1.29, 1.82) is 0 Å². The van der Waals surface area contributed by atoms with Crippen LogP contribution in [0.15, 0.2) is 30.6 Å².